The molecule has 1 amide bonds. The van der Waals surface area contributed by atoms with Crippen LogP contribution >= 0.6 is 0 Å². The van der Waals surface area contributed by atoms with Crippen LogP contribution in [0, 0.1) is 5.92 Å². The molecule has 0 saturated carbocycles. The molecule has 0 radical (unpaired) electrons. The Morgan fingerprint density at radius 3 is 2.41 bits per heavy atom. The molecule has 6 nitrogen and oxygen atoms in total. The number of nitrogens with zero attached hydrogens (tertiary/aromatic N) is 2. The second-order valence-electron chi connectivity index (χ2n) is 6.44. The number of sulfonamides is 1. The Balaban J connectivity index is 2.06. The molecule has 2 aliphatic heterocycles. The first-order valence-corrected chi connectivity index (χ1v) is 10.1. The van der Waals surface area contributed by atoms with Crippen molar-refractivity contribution in [3.05, 3.63) is 0 Å². The first kappa shape index (κ1) is 17.7. The number of piperidine rings is 2. The van der Waals surface area contributed by atoms with E-state index in [2.05, 4.69) is 0 Å². The van der Waals surface area contributed by atoms with Crippen molar-refractivity contribution in [2.24, 2.45) is 11.7 Å². The van der Waals surface area contributed by atoms with Crippen LogP contribution in [-0.2, 0) is 14.8 Å². The zero-order valence-corrected chi connectivity index (χ0v) is 14.4. The minimum Gasteiger partial charge on any atom is -0.341 e. The first-order chi connectivity index (χ1) is 10.5. The minimum absolute atomic E-state index is 0.00477. The predicted molar refractivity (Wildman–Crippen MR) is 86.8 cm³/mol. The highest BCUT2D eigenvalue weighted by molar-refractivity contribution is 7.89. The fraction of sp³-hybridized carbons (Fsp3) is 0.933. The number of hydrogen-bond donors (Lipinski definition) is 1. The van der Waals surface area contributed by atoms with Crippen LogP contribution < -0.4 is 5.73 Å². The van der Waals surface area contributed by atoms with Crippen molar-refractivity contribution in [2.75, 3.05) is 31.9 Å². The van der Waals surface area contributed by atoms with E-state index in [1.165, 1.54) is 4.31 Å². The number of amides is 1. The smallest absolute Gasteiger partial charge is 0.241 e. The molecule has 128 valence electrons. The SMILES string of the molecule is CCCS(=O)(=O)N1CCCCC1C(=O)N1CCC(CN)CC1. The Bertz CT molecular complexity index is 472. The van der Waals surface area contributed by atoms with Gasteiger partial charge in [-0.3, -0.25) is 4.79 Å². The van der Waals surface area contributed by atoms with Crippen molar-refractivity contribution in [3.8, 4) is 0 Å². The first-order valence-electron chi connectivity index (χ1n) is 8.48. The predicted octanol–water partition coefficient (Wildman–Crippen LogP) is 0.778. The second kappa shape index (κ2) is 7.75. The summed E-state index contributed by atoms with van der Waals surface area (Å²) in [6, 6.07) is -0.486. The van der Waals surface area contributed by atoms with Crippen LogP contribution in [0.4, 0.5) is 0 Å². The lowest BCUT2D eigenvalue weighted by molar-refractivity contribution is -0.137. The van der Waals surface area contributed by atoms with Gasteiger partial charge in [-0.1, -0.05) is 13.3 Å². The lowest BCUT2D eigenvalue weighted by atomic mass is 9.95. The standard InChI is InChI=1S/C15H29N3O3S/c1-2-11-22(20,21)18-8-4-3-5-14(18)15(19)17-9-6-13(12-16)7-10-17/h13-14H,2-12,16H2,1H3. The highest BCUT2D eigenvalue weighted by Crippen LogP contribution is 2.25. The Labute approximate surface area is 134 Å². The maximum absolute atomic E-state index is 12.8. The Morgan fingerprint density at radius 1 is 1.14 bits per heavy atom. The topological polar surface area (TPSA) is 83.7 Å². The normalized spacial score (nSPS) is 25.4. The molecule has 2 heterocycles. The molecule has 0 aromatic rings. The van der Waals surface area contributed by atoms with E-state index in [1.807, 2.05) is 11.8 Å². The molecule has 2 saturated heterocycles. The van der Waals surface area contributed by atoms with Crippen LogP contribution in [0.15, 0.2) is 0 Å². The van der Waals surface area contributed by atoms with E-state index in [0.29, 0.717) is 44.9 Å². The fourth-order valence-corrected chi connectivity index (χ4v) is 5.20. The van der Waals surface area contributed by atoms with Crippen molar-refractivity contribution in [1.29, 1.82) is 0 Å². The van der Waals surface area contributed by atoms with E-state index in [9.17, 15) is 13.2 Å². The molecule has 0 aliphatic carbocycles. The van der Waals surface area contributed by atoms with E-state index in [0.717, 1.165) is 25.7 Å². The van der Waals surface area contributed by atoms with E-state index < -0.39 is 16.1 Å². The molecule has 1 unspecified atom stereocenters. The van der Waals surface area contributed by atoms with Gasteiger partial charge in [0.2, 0.25) is 15.9 Å². The third kappa shape index (κ3) is 4.00. The molecule has 0 aromatic carbocycles. The van der Waals surface area contributed by atoms with Crippen LogP contribution in [0.1, 0.15) is 45.4 Å². The molecule has 2 N–H and O–H groups in total. The highest BCUT2D eigenvalue weighted by atomic mass is 32.2. The summed E-state index contributed by atoms with van der Waals surface area (Å²) in [7, 11) is -3.32. The number of rotatable bonds is 5. The summed E-state index contributed by atoms with van der Waals surface area (Å²) in [5.41, 5.74) is 5.69. The lowest BCUT2D eigenvalue weighted by Crippen LogP contribution is -2.54. The van der Waals surface area contributed by atoms with Crippen molar-refractivity contribution in [2.45, 2.75) is 51.5 Å². The Morgan fingerprint density at radius 2 is 1.82 bits per heavy atom. The minimum atomic E-state index is -3.32. The van der Waals surface area contributed by atoms with Gasteiger partial charge in [0, 0.05) is 19.6 Å². The molecule has 7 heteroatoms. The van der Waals surface area contributed by atoms with E-state index >= 15 is 0 Å². The zero-order chi connectivity index (χ0) is 16.2. The number of hydrogen-bond acceptors (Lipinski definition) is 4. The molecule has 2 aliphatic rings. The molecule has 0 spiro atoms. The van der Waals surface area contributed by atoms with Gasteiger partial charge in [-0.2, -0.15) is 4.31 Å². The fourth-order valence-electron chi connectivity index (χ4n) is 3.46. The number of carbonyl (C=O) groups is 1. The summed E-state index contributed by atoms with van der Waals surface area (Å²) in [6.07, 6.45) is 4.86. The quantitative estimate of drug-likeness (QED) is 0.807. The summed E-state index contributed by atoms with van der Waals surface area (Å²) in [4.78, 5) is 14.6. The van der Waals surface area contributed by atoms with Gasteiger partial charge in [-0.25, -0.2) is 8.42 Å². The second-order valence-corrected chi connectivity index (χ2v) is 8.48. The average Bonchev–Trinajstić information content (AvgIpc) is 2.54. The van der Waals surface area contributed by atoms with Gasteiger partial charge >= 0.3 is 0 Å². The average molecular weight is 331 g/mol. The third-order valence-electron chi connectivity index (χ3n) is 4.82. The summed E-state index contributed by atoms with van der Waals surface area (Å²) in [6.45, 7) is 4.42. The summed E-state index contributed by atoms with van der Waals surface area (Å²) >= 11 is 0. The maximum atomic E-state index is 12.8. The highest BCUT2D eigenvalue weighted by Gasteiger charge is 2.38. The van der Waals surface area contributed by atoms with Crippen molar-refractivity contribution >= 4 is 15.9 Å². The van der Waals surface area contributed by atoms with Crippen molar-refractivity contribution < 1.29 is 13.2 Å². The van der Waals surface area contributed by atoms with Crippen molar-refractivity contribution in [1.82, 2.24) is 9.21 Å². The number of nitrogens with two attached hydrogens (primary N) is 1. The van der Waals surface area contributed by atoms with Gasteiger partial charge in [0.15, 0.2) is 0 Å². The number of likely N-dealkylation sites (tertiary alicyclic amines) is 1. The molecular weight excluding hydrogens is 302 g/mol. The van der Waals surface area contributed by atoms with Crippen LogP contribution in [0.25, 0.3) is 0 Å². The van der Waals surface area contributed by atoms with Crippen LogP contribution in [0.3, 0.4) is 0 Å². The van der Waals surface area contributed by atoms with Crippen molar-refractivity contribution in [3.63, 3.8) is 0 Å². The largest absolute Gasteiger partial charge is 0.341 e. The molecule has 22 heavy (non-hydrogen) atoms. The molecule has 2 fully saturated rings. The summed E-state index contributed by atoms with van der Waals surface area (Å²) in [5.74, 6) is 0.622. The molecular formula is C15H29N3O3S. The van der Waals surface area contributed by atoms with E-state index in [1.54, 1.807) is 0 Å². The summed E-state index contributed by atoms with van der Waals surface area (Å²) < 4.78 is 26.3. The monoisotopic (exact) mass is 331 g/mol. The van der Waals surface area contributed by atoms with E-state index in [4.69, 9.17) is 5.73 Å². The van der Waals surface area contributed by atoms with Crippen LogP contribution in [-0.4, -0.2) is 61.5 Å². The Kier molecular flexibility index (Phi) is 6.23. The molecule has 0 bridgehead atoms. The zero-order valence-electron chi connectivity index (χ0n) is 13.5. The van der Waals surface area contributed by atoms with Gasteiger partial charge in [0.25, 0.3) is 0 Å². The molecule has 0 aromatic heterocycles. The Hall–Kier alpha value is -0.660. The van der Waals surface area contributed by atoms with Gasteiger partial charge in [-0.15, -0.1) is 0 Å². The molecule has 2 rings (SSSR count). The van der Waals surface area contributed by atoms with Crippen LogP contribution in [0.5, 0.6) is 0 Å². The summed E-state index contributed by atoms with van der Waals surface area (Å²) in [5, 5.41) is 0. The van der Waals surface area contributed by atoms with Gasteiger partial charge in [-0.05, 0) is 44.6 Å². The van der Waals surface area contributed by atoms with Gasteiger partial charge < -0.3 is 10.6 Å². The maximum Gasteiger partial charge on any atom is 0.241 e. The van der Waals surface area contributed by atoms with Gasteiger partial charge in [0.1, 0.15) is 6.04 Å². The molecule has 1 atom stereocenters. The van der Waals surface area contributed by atoms with Gasteiger partial charge in [0.05, 0.1) is 5.75 Å². The van der Waals surface area contributed by atoms with Crippen LogP contribution in [0.2, 0.25) is 0 Å². The lowest BCUT2D eigenvalue weighted by Gasteiger charge is -2.39. The third-order valence-corrected chi connectivity index (χ3v) is 6.89. The van der Waals surface area contributed by atoms with E-state index in [-0.39, 0.29) is 11.7 Å². The number of carbonyl (C=O) groups excluding carboxylic acids is 1.